The molecule has 0 fully saturated rings. The molecule has 0 radical (unpaired) electrons. The first-order valence-corrected chi connectivity index (χ1v) is 3.59. The summed E-state index contributed by atoms with van der Waals surface area (Å²) in [5.41, 5.74) is 1.01. The summed E-state index contributed by atoms with van der Waals surface area (Å²) in [4.78, 5) is 9.78. The van der Waals surface area contributed by atoms with Crippen molar-refractivity contribution in [3.8, 4) is 0 Å². The van der Waals surface area contributed by atoms with Crippen LogP contribution >= 0.6 is 0 Å². The summed E-state index contributed by atoms with van der Waals surface area (Å²) in [5.74, 6) is 0. The summed E-state index contributed by atoms with van der Waals surface area (Å²) in [6, 6.07) is 0. The van der Waals surface area contributed by atoms with Gasteiger partial charge < -0.3 is 0 Å². The van der Waals surface area contributed by atoms with Gasteiger partial charge >= 0.3 is 0 Å². The second kappa shape index (κ2) is 3.34. The highest BCUT2D eigenvalue weighted by Crippen LogP contribution is 2.16. The Bertz CT molecular complexity index is 163. The van der Waals surface area contributed by atoms with Gasteiger partial charge in [0.05, 0.1) is 0 Å². The Kier molecular flexibility index (Phi) is 2.42. The van der Waals surface area contributed by atoms with Crippen LogP contribution in [0.2, 0.25) is 0 Å². The van der Waals surface area contributed by atoms with Crippen LogP contribution in [-0.2, 0) is 0 Å². The summed E-state index contributed by atoms with van der Waals surface area (Å²) in [5, 5.41) is 10.0. The van der Waals surface area contributed by atoms with Gasteiger partial charge in [0.1, 0.15) is 0 Å². The molecule has 0 aromatic rings. The molecule has 10 heavy (non-hydrogen) atoms. The molecule has 0 aliphatic heterocycles. The largest absolute Gasteiger partial charge is 0.264 e. The maximum absolute atomic E-state index is 10.0. The first-order valence-electron chi connectivity index (χ1n) is 3.59. The highest BCUT2D eigenvalue weighted by Gasteiger charge is 2.07. The zero-order valence-corrected chi connectivity index (χ0v) is 5.88. The Balaban J connectivity index is 2.38. The predicted molar refractivity (Wildman–Crippen MR) is 38.4 cm³/mol. The summed E-state index contributed by atoms with van der Waals surface area (Å²) in [6.45, 7) is 0.0556. The molecule has 3 heteroatoms. The van der Waals surface area contributed by atoms with Gasteiger partial charge in [0, 0.05) is 4.92 Å². The Hall–Kier alpha value is -0.860. The van der Waals surface area contributed by atoms with E-state index in [0.29, 0.717) is 0 Å². The lowest BCUT2D eigenvalue weighted by Crippen LogP contribution is -2.06. The van der Waals surface area contributed by atoms with Crippen molar-refractivity contribution in [3.63, 3.8) is 0 Å². The molecule has 0 N–H and O–H groups in total. The fourth-order valence-corrected chi connectivity index (χ4v) is 1.21. The Morgan fingerprint density at radius 1 is 1.60 bits per heavy atom. The molecular weight excluding hydrogens is 130 g/mol. The van der Waals surface area contributed by atoms with E-state index in [2.05, 4.69) is 0 Å². The number of rotatable bonds is 2. The van der Waals surface area contributed by atoms with Crippen molar-refractivity contribution in [2.45, 2.75) is 25.7 Å². The molecule has 0 aromatic heterocycles. The van der Waals surface area contributed by atoms with Crippen LogP contribution in [0.3, 0.4) is 0 Å². The Morgan fingerprint density at radius 2 is 2.40 bits per heavy atom. The maximum atomic E-state index is 10.0. The second-order valence-electron chi connectivity index (χ2n) is 2.60. The molecule has 3 nitrogen and oxygen atoms in total. The number of nitro groups is 1. The highest BCUT2D eigenvalue weighted by atomic mass is 16.6. The summed E-state index contributed by atoms with van der Waals surface area (Å²) in [6.07, 6.45) is 6.29. The molecule has 0 saturated heterocycles. The number of hydrogen-bond acceptors (Lipinski definition) is 2. The lowest BCUT2D eigenvalue weighted by molar-refractivity contribution is -0.471. The Labute approximate surface area is 59.9 Å². The van der Waals surface area contributed by atoms with Crippen LogP contribution in [0.15, 0.2) is 11.6 Å². The molecule has 0 bridgehead atoms. The smallest absolute Gasteiger partial charge is 0.224 e. The molecule has 1 aliphatic carbocycles. The molecule has 0 spiro atoms. The molecule has 0 aromatic carbocycles. The van der Waals surface area contributed by atoms with Crippen LogP contribution in [0.5, 0.6) is 0 Å². The lowest BCUT2D eigenvalue weighted by atomic mass is 10.00. The number of hydrogen-bond donors (Lipinski definition) is 0. The second-order valence-corrected chi connectivity index (χ2v) is 2.60. The van der Waals surface area contributed by atoms with E-state index in [9.17, 15) is 10.1 Å². The molecule has 0 amide bonds. The summed E-state index contributed by atoms with van der Waals surface area (Å²) >= 11 is 0. The van der Waals surface area contributed by atoms with Crippen molar-refractivity contribution in [2.24, 2.45) is 0 Å². The molecule has 0 atom stereocenters. The van der Waals surface area contributed by atoms with E-state index in [1.54, 1.807) is 0 Å². The summed E-state index contributed by atoms with van der Waals surface area (Å²) in [7, 11) is 0. The van der Waals surface area contributed by atoms with Gasteiger partial charge in [-0.2, -0.15) is 0 Å². The van der Waals surface area contributed by atoms with Crippen LogP contribution in [0, 0.1) is 10.1 Å². The van der Waals surface area contributed by atoms with Crippen LogP contribution in [-0.4, -0.2) is 11.5 Å². The van der Waals surface area contributed by atoms with Crippen LogP contribution < -0.4 is 0 Å². The van der Waals surface area contributed by atoms with Crippen molar-refractivity contribution < 1.29 is 4.92 Å². The number of allylic oxidation sites excluding steroid dienone is 1. The van der Waals surface area contributed by atoms with E-state index in [0.717, 1.165) is 24.8 Å². The highest BCUT2D eigenvalue weighted by molar-refractivity contribution is 5.04. The van der Waals surface area contributed by atoms with Gasteiger partial charge in [0.15, 0.2) is 0 Å². The fraction of sp³-hybridized carbons (Fsp3) is 0.714. The van der Waals surface area contributed by atoms with Crippen LogP contribution in [0.25, 0.3) is 0 Å². The molecule has 0 saturated carbocycles. The first kappa shape index (κ1) is 7.25. The van der Waals surface area contributed by atoms with Gasteiger partial charge in [-0.1, -0.05) is 6.08 Å². The van der Waals surface area contributed by atoms with Crippen molar-refractivity contribution >= 4 is 0 Å². The average Bonchev–Trinajstić information content (AvgIpc) is 1.88. The zero-order valence-electron chi connectivity index (χ0n) is 5.88. The minimum atomic E-state index is -0.253. The third-order valence-corrected chi connectivity index (χ3v) is 1.72. The van der Waals surface area contributed by atoms with E-state index < -0.39 is 0 Å². The first-order chi connectivity index (χ1) is 4.79. The minimum Gasteiger partial charge on any atom is -0.264 e. The van der Waals surface area contributed by atoms with Crippen molar-refractivity contribution in [1.29, 1.82) is 0 Å². The van der Waals surface area contributed by atoms with Gasteiger partial charge in [0.25, 0.3) is 0 Å². The maximum Gasteiger partial charge on any atom is 0.224 e. The van der Waals surface area contributed by atoms with E-state index in [4.69, 9.17) is 0 Å². The van der Waals surface area contributed by atoms with Gasteiger partial charge in [-0.15, -0.1) is 0 Å². The number of nitrogens with zero attached hydrogens (tertiary/aromatic N) is 1. The molecular formula is C7H11NO2. The quantitative estimate of drug-likeness (QED) is 0.334. The Morgan fingerprint density at radius 3 is 2.90 bits per heavy atom. The van der Waals surface area contributed by atoms with Crippen molar-refractivity contribution in [1.82, 2.24) is 0 Å². The molecule has 56 valence electrons. The molecule has 1 aliphatic rings. The van der Waals surface area contributed by atoms with Gasteiger partial charge in [0.2, 0.25) is 6.54 Å². The topological polar surface area (TPSA) is 43.1 Å². The standard InChI is InChI=1S/C7H11NO2/c9-8(10)6-7-4-2-1-3-5-7/h4H,1-3,5-6H2. The predicted octanol–water partition coefficient (Wildman–Crippen LogP) is 1.76. The molecule has 1 rings (SSSR count). The lowest BCUT2D eigenvalue weighted by Gasteiger charge is -2.07. The van der Waals surface area contributed by atoms with Crippen molar-refractivity contribution in [2.75, 3.05) is 6.54 Å². The SMILES string of the molecule is O=[N+]([O-])CC1=CCCCC1. The van der Waals surface area contributed by atoms with E-state index in [1.165, 1.54) is 6.42 Å². The van der Waals surface area contributed by atoms with Crippen LogP contribution in [0.4, 0.5) is 0 Å². The van der Waals surface area contributed by atoms with Crippen LogP contribution in [0.1, 0.15) is 25.7 Å². The van der Waals surface area contributed by atoms with Crippen molar-refractivity contribution in [3.05, 3.63) is 21.8 Å². The van der Waals surface area contributed by atoms with E-state index in [1.807, 2.05) is 6.08 Å². The third kappa shape index (κ3) is 2.17. The fourth-order valence-electron chi connectivity index (χ4n) is 1.21. The van der Waals surface area contributed by atoms with Gasteiger partial charge in [-0.3, -0.25) is 10.1 Å². The van der Waals surface area contributed by atoms with E-state index >= 15 is 0 Å². The third-order valence-electron chi connectivity index (χ3n) is 1.72. The van der Waals surface area contributed by atoms with E-state index in [-0.39, 0.29) is 11.5 Å². The normalized spacial score (nSPS) is 18.2. The minimum absolute atomic E-state index is 0.0556. The monoisotopic (exact) mass is 141 g/mol. The van der Waals surface area contributed by atoms with Gasteiger partial charge in [-0.25, -0.2) is 0 Å². The summed E-state index contributed by atoms with van der Waals surface area (Å²) < 4.78 is 0. The average molecular weight is 141 g/mol. The molecule has 0 heterocycles. The molecule has 0 unspecified atom stereocenters. The zero-order chi connectivity index (χ0) is 7.40. The van der Waals surface area contributed by atoms with Gasteiger partial charge in [-0.05, 0) is 31.3 Å².